The van der Waals surface area contributed by atoms with Gasteiger partial charge in [0.15, 0.2) is 0 Å². The maximum absolute atomic E-state index is 12.7. The lowest BCUT2D eigenvalue weighted by atomic mass is 10.00. The number of ether oxygens (including phenoxy) is 1. The van der Waals surface area contributed by atoms with Gasteiger partial charge in [-0.2, -0.15) is 0 Å². The highest BCUT2D eigenvalue weighted by atomic mass is 16.5. The summed E-state index contributed by atoms with van der Waals surface area (Å²) in [5.74, 6) is -0.509. The number of aryl methyl sites for hydroxylation is 1. The van der Waals surface area contributed by atoms with Crippen LogP contribution in [0.25, 0.3) is 0 Å². The smallest absolute Gasteiger partial charge is 0.328 e. The zero-order valence-electron chi connectivity index (χ0n) is 12.6. The molecule has 2 N–H and O–H groups in total. The van der Waals surface area contributed by atoms with E-state index in [1.165, 1.54) is 0 Å². The van der Waals surface area contributed by atoms with Crippen LogP contribution in [-0.2, 0) is 9.53 Å². The molecule has 1 aromatic rings. The van der Waals surface area contributed by atoms with E-state index >= 15 is 0 Å². The molecule has 1 fully saturated rings. The summed E-state index contributed by atoms with van der Waals surface area (Å²) in [7, 11) is 0. The Balaban J connectivity index is 2.26. The van der Waals surface area contributed by atoms with Crippen molar-refractivity contribution in [2.75, 3.05) is 18.9 Å². The molecule has 5 heteroatoms. The number of nitrogen functional groups attached to an aromatic ring is 1. The summed E-state index contributed by atoms with van der Waals surface area (Å²) in [4.78, 5) is 26.4. The van der Waals surface area contributed by atoms with Crippen molar-refractivity contribution < 1.29 is 14.3 Å². The molecule has 0 radical (unpaired) electrons. The fourth-order valence-corrected chi connectivity index (χ4v) is 2.67. The van der Waals surface area contributed by atoms with Gasteiger partial charge in [0.05, 0.1) is 12.2 Å². The number of benzene rings is 1. The van der Waals surface area contributed by atoms with Gasteiger partial charge < -0.3 is 15.4 Å². The first-order valence-corrected chi connectivity index (χ1v) is 7.38. The summed E-state index contributed by atoms with van der Waals surface area (Å²) >= 11 is 0. The number of hydrogen-bond donors (Lipinski definition) is 1. The molecule has 1 atom stereocenters. The molecule has 5 nitrogen and oxygen atoms in total. The predicted molar refractivity (Wildman–Crippen MR) is 80.9 cm³/mol. The molecule has 1 aliphatic rings. The predicted octanol–water partition coefficient (Wildman–Crippen LogP) is 2.14. The third kappa shape index (κ3) is 3.35. The van der Waals surface area contributed by atoms with E-state index < -0.39 is 6.04 Å². The lowest BCUT2D eigenvalue weighted by Crippen LogP contribution is -2.48. The van der Waals surface area contributed by atoms with Crippen molar-refractivity contribution in [3.63, 3.8) is 0 Å². The van der Waals surface area contributed by atoms with Crippen molar-refractivity contribution in [1.82, 2.24) is 4.90 Å². The molecule has 1 aromatic carbocycles. The number of nitrogens with zero attached hydrogens (tertiary/aromatic N) is 1. The van der Waals surface area contributed by atoms with Crippen LogP contribution in [0.3, 0.4) is 0 Å². The van der Waals surface area contributed by atoms with Gasteiger partial charge in [-0.05, 0) is 45.2 Å². The maximum atomic E-state index is 12.7. The van der Waals surface area contributed by atoms with E-state index in [1.54, 1.807) is 24.0 Å². The number of esters is 1. The van der Waals surface area contributed by atoms with E-state index in [9.17, 15) is 9.59 Å². The summed E-state index contributed by atoms with van der Waals surface area (Å²) < 4.78 is 5.09. The van der Waals surface area contributed by atoms with E-state index in [0.717, 1.165) is 18.4 Å². The molecule has 1 heterocycles. The number of carbonyl (C=O) groups excluding carboxylic acids is 2. The van der Waals surface area contributed by atoms with Crippen LogP contribution in [-0.4, -0.2) is 36.0 Å². The van der Waals surface area contributed by atoms with Crippen LogP contribution in [0.1, 0.15) is 42.1 Å². The zero-order chi connectivity index (χ0) is 15.4. The Morgan fingerprint density at radius 3 is 2.86 bits per heavy atom. The Morgan fingerprint density at radius 1 is 1.38 bits per heavy atom. The standard InChI is InChI=1S/C16H22N2O3/c1-3-21-16(20)14-6-4-5-9-18(14)15(19)12-10-11(2)7-8-13(12)17/h7-8,10,14H,3-6,9,17H2,1-2H3. The van der Waals surface area contributed by atoms with Crippen LogP contribution >= 0.6 is 0 Å². The quantitative estimate of drug-likeness (QED) is 0.683. The summed E-state index contributed by atoms with van der Waals surface area (Å²) in [6.45, 7) is 4.57. The molecule has 1 amide bonds. The fourth-order valence-electron chi connectivity index (χ4n) is 2.67. The molecule has 0 aliphatic carbocycles. The third-order valence-corrected chi connectivity index (χ3v) is 3.76. The molecule has 0 saturated carbocycles. The average Bonchev–Trinajstić information content (AvgIpc) is 2.49. The van der Waals surface area contributed by atoms with Gasteiger partial charge in [-0.1, -0.05) is 11.6 Å². The zero-order valence-corrected chi connectivity index (χ0v) is 12.6. The van der Waals surface area contributed by atoms with Gasteiger partial charge in [-0.3, -0.25) is 4.79 Å². The minimum Gasteiger partial charge on any atom is -0.464 e. The highest BCUT2D eigenvalue weighted by Crippen LogP contribution is 2.23. The highest BCUT2D eigenvalue weighted by molar-refractivity contribution is 6.01. The van der Waals surface area contributed by atoms with Crippen LogP contribution < -0.4 is 5.73 Å². The molecule has 0 spiro atoms. The average molecular weight is 290 g/mol. The largest absolute Gasteiger partial charge is 0.464 e. The topological polar surface area (TPSA) is 72.6 Å². The Hall–Kier alpha value is -2.04. The fraction of sp³-hybridized carbons (Fsp3) is 0.500. The molecule has 0 bridgehead atoms. The number of hydrogen-bond acceptors (Lipinski definition) is 4. The monoisotopic (exact) mass is 290 g/mol. The number of likely N-dealkylation sites (tertiary alicyclic amines) is 1. The third-order valence-electron chi connectivity index (χ3n) is 3.76. The number of piperidine rings is 1. The minimum absolute atomic E-state index is 0.186. The van der Waals surface area contributed by atoms with Crippen LogP contribution in [0.4, 0.5) is 5.69 Å². The van der Waals surface area contributed by atoms with Crippen LogP contribution in [0.2, 0.25) is 0 Å². The van der Waals surface area contributed by atoms with E-state index in [-0.39, 0.29) is 11.9 Å². The molecule has 1 aliphatic heterocycles. The number of nitrogens with two attached hydrogens (primary N) is 1. The summed E-state index contributed by atoms with van der Waals surface area (Å²) in [5.41, 5.74) is 7.79. The number of carbonyl (C=O) groups is 2. The van der Waals surface area contributed by atoms with Gasteiger partial charge in [0, 0.05) is 12.2 Å². The summed E-state index contributed by atoms with van der Waals surface area (Å²) in [6.07, 6.45) is 2.47. The summed E-state index contributed by atoms with van der Waals surface area (Å²) in [6, 6.07) is 4.87. The lowest BCUT2D eigenvalue weighted by Gasteiger charge is -2.34. The van der Waals surface area contributed by atoms with Gasteiger partial charge in [-0.25, -0.2) is 4.79 Å². The number of anilines is 1. The summed E-state index contributed by atoms with van der Waals surface area (Å²) in [5, 5.41) is 0. The van der Waals surface area contributed by atoms with E-state index in [1.807, 2.05) is 13.0 Å². The molecular formula is C16H22N2O3. The van der Waals surface area contributed by atoms with Crippen molar-refractivity contribution in [3.8, 4) is 0 Å². The molecule has 2 rings (SSSR count). The van der Waals surface area contributed by atoms with Gasteiger partial charge in [0.1, 0.15) is 6.04 Å². The normalized spacial score (nSPS) is 18.4. The second kappa shape index (κ2) is 6.61. The minimum atomic E-state index is -0.494. The second-order valence-electron chi connectivity index (χ2n) is 5.35. The molecule has 1 saturated heterocycles. The molecule has 1 unspecified atom stereocenters. The number of amides is 1. The van der Waals surface area contributed by atoms with Crippen LogP contribution in [0, 0.1) is 6.92 Å². The molecule has 0 aromatic heterocycles. The van der Waals surface area contributed by atoms with Crippen molar-refractivity contribution in [2.45, 2.75) is 39.2 Å². The first kappa shape index (κ1) is 15.4. The maximum Gasteiger partial charge on any atom is 0.328 e. The van der Waals surface area contributed by atoms with Crippen molar-refractivity contribution in [1.29, 1.82) is 0 Å². The van der Waals surface area contributed by atoms with Gasteiger partial charge in [0.2, 0.25) is 0 Å². The van der Waals surface area contributed by atoms with Gasteiger partial charge in [-0.15, -0.1) is 0 Å². The first-order valence-electron chi connectivity index (χ1n) is 7.38. The van der Waals surface area contributed by atoms with Crippen LogP contribution in [0.15, 0.2) is 18.2 Å². The molecule has 114 valence electrons. The van der Waals surface area contributed by atoms with E-state index in [0.29, 0.717) is 30.8 Å². The van der Waals surface area contributed by atoms with Crippen LogP contribution in [0.5, 0.6) is 0 Å². The van der Waals surface area contributed by atoms with Gasteiger partial charge >= 0.3 is 5.97 Å². The number of rotatable bonds is 3. The highest BCUT2D eigenvalue weighted by Gasteiger charge is 2.34. The van der Waals surface area contributed by atoms with Crippen molar-refractivity contribution >= 4 is 17.6 Å². The SMILES string of the molecule is CCOC(=O)C1CCCCN1C(=O)c1cc(C)ccc1N. The van der Waals surface area contributed by atoms with Crippen molar-refractivity contribution in [3.05, 3.63) is 29.3 Å². The first-order chi connectivity index (χ1) is 10.0. The Labute approximate surface area is 125 Å². The molecule has 21 heavy (non-hydrogen) atoms. The van der Waals surface area contributed by atoms with E-state index in [2.05, 4.69) is 0 Å². The Bertz CT molecular complexity index is 542. The van der Waals surface area contributed by atoms with Gasteiger partial charge in [0.25, 0.3) is 5.91 Å². The second-order valence-corrected chi connectivity index (χ2v) is 5.35. The lowest BCUT2D eigenvalue weighted by molar-refractivity contribution is -0.149. The van der Waals surface area contributed by atoms with E-state index in [4.69, 9.17) is 10.5 Å². The Morgan fingerprint density at radius 2 is 2.14 bits per heavy atom. The Kier molecular flexibility index (Phi) is 4.83. The molecular weight excluding hydrogens is 268 g/mol. The van der Waals surface area contributed by atoms with Crippen molar-refractivity contribution in [2.24, 2.45) is 0 Å².